The zero-order valence-electron chi connectivity index (χ0n) is 8.99. The largest absolute Gasteiger partial charge is 0.368 e. The van der Waals surface area contributed by atoms with Crippen molar-refractivity contribution in [1.29, 1.82) is 0 Å². The summed E-state index contributed by atoms with van der Waals surface area (Å²) in [5.41, 5.74) is 5.76. The fourth-order valence-corrected chi connectivity index (χ4v) is 1.44. The van der Waals surface area contributed by atoms with Crippen molar-refractivity contribution in [3.8, 4) is 11.4 Å². The Morgan fingerprint density at radius 1 is 1.24 bits per heavy atom. The number of aryl methyl sites for hydroxylation is 1. The van der Waals surface area contributed by atoms with E-state index in [2.05, 4.69) is 15.0 Å². The quantitative estimate of drug-likeness (QED) is 0.617. The maximum atomic E-state index is 10.9. The molecule has 2 aromatic rings. The van der Waals surface area contributed by atoms with E-state index in [0.29, 0.717) is 11.4 Å². The first-order chi connectivity index (χ1) is 8.08. The summed E-state index contributed by atoms with van der Waals surface area (Å²) >= 11 is 0. The maximum Gasteiger partial charge on any atom is 0.280 e. The van der Waals surface area contributed by atoms with Crippen LogP contribution in [-0.2, 0) is 0 Å². The number of nitro benzene ring substituents is 1. The molecule has 0 unspecified atom stereocenters. The molecule has 0 aliphatic heterocycles. The van der Waals surface area contributed by atoms with Crippen LogP contribution in [-0.4, -0.2) is 19.9 Å². The Hall–Kier alpha value is -2.57. The number of rotatable bonds is 2. The van der Waals surface area contributed by atoms with Gasteiger partial charge in [0.2, 0.25) is 5.95 Å². The van der Waals surface area contributed by atoms with Gasteiger partial charge in [-0.1, -0.05) is 12.1 Å². The second-order valence-corrected chi connectivity index (χ2v) is 3.34. The highest BCUT2D eigenvalue weighted by Crippen LogP contribution is 2.26. The summed E-state index contributed by atoms with van der Waals surface area (Å²) < 4.78 is 0. The highest BCUT2D eigenvalue weighted by atomic mass is 16.6. The van der Waals surface area contributed by atoms with Crippen LogP contribution in [0.5, 0.6) is 0 Å². The Kier molecular flexibility index (Phi) is 2.65. The lowest BCUT2D eigenvalue weighted by atomic mass is 10.1. The average Bonchev–Trinajstić information content (AvgIpc) is 2.27. The third-order valence-corrected chi connectivity index (χ3v) is 2.11. The molecule has 17 heavy (non-hydrogen) atoms. The number of hydrogen-bond donors (Lipinski definition) is 1. The third-order valence-electron chi connectivity index (χ3n) is 2.11. The van der Waals surface area contributed by atoms with Gasteiger partial charge in [0, 0.05) is 6.07 Å². The van der Waals surface area contributed by atoms with E-state index in [4.69, 9.17) is 5.73 Å². The number of hydrogen-bond acceptors (Lipinski definition) is 6. The topological polar surface area (TPSA) is 108 Å². The Labute approximate surface area is 96.5 Å². The lowest BCUT2D eigenvalue weighted by molar-refractivity contribution is -0.384. The number of nitro groups is 1. The maximum absolute atomic E-state index is 10.9. The Morgan fingerprint density at radius 2 is 1.94 bits per heavy atom. The van der Waals surface area contributed by atoms with Crippen LogP contribution >= 0.6 is 0 Å². The van der Waals surface area contributed by atoms with Gasteiger partial charge in [0.05, 0.1) is 10.5 Å². The van der Waals surface area contributed by atoms with Gasteiger partial charge in [-0.3, -0.25) is 10.1 Å². The fourth-order valence-electron chi connectivity index (χ4n) is 1.44. The molecule has 0 spiro atoms. The molecule has 0 radical (unpaired) electrons. The van der Waals surface area contributed by atoms with Crippen LogP contribution in [0, 0.1) is 17.0 Å². The number of aromatic nitrogens is 3. The zero-order valence-corrected chi connectivity index (χ0v) is 8.99. The number of para-hydroxylation sites is 1. The SMILES string of the molecule is Cc1nc(N)nc(-c2ccccc2[N+](=O)[O-])n1. The molecule has 1 aromatic heterocycles. The van der Waals surface area contributed by atoms with Gasteiger partial charge in [-0.15, -0.1) is 0 Å². The number of nitrogens with two attached hydrogens (primary N) is 1. The van der Waals surface area contributed by atoms with E-state index in [-0.39, 0.29) is 17.5 Å². The summed E-state index contributed by atoms with van der Waals surface area (Å²) in [6.07, 6.45) is 0. The van der Waals surface area contributed by atoms with Crippen LogP contribution in [0.4, 0.5) is 11.6 Å². The predicted octanol–water partition coefficient (Wildman–Crippen LogP) is 1.34. The van der Waals surface area contributed by atoms with Crippen LogP contribution in [0.3, 0.4) is 0 Å². The predicted molar refractivity (Wildman–Crippen MR) is 61.1 cm³/mol. The van der Waals surface area contributed by atoms with Gasteiger partial charge in [0.15, 0.2) is 5.82 Å². The highest BCUT2D eigenvalue weighted by Gasteiger charge is 2.17. The smallest absolute Gasteiger partial charge is 0.280 e. The summed E-state index contributed by atoms with van der Waals surface area (Å²) in [5.74, 6) is 0.679. The summed E-state index contributed by atoms with van der Waals surface area (Å²) in [4.78, 5) is 22.1. The van der Waals surface area contributed by atoms with Crippen molar-refractivity contribution in [2.24, 2.45) is 0 Å². The summed E-state index contributed by atoms with van der Waals surface area (Å²) in [5, 5.41) is 10.9. The second kappa shape index (κ2) is 4.12. The molecule has 0 saturated carbocycles. The molecule has 1 heterocycles. The molecule has 0 fully saturated rings. The number of nitrogens with zero attached hydrogens (tertiary/aromatic N) is 4. The van der Waals surface area contributed by atoms with Crippen LogP contribution in [0.25, 0.3) is 11.4 Å². The van der Waals surface area contributed by atoms with Crippen molar-refractivity contribution in [3.05, 3.63) is 40.2 Å². The van der Waals surface area contributed by atoms with Crippen LogP contribution in [0.15, 0.2) is 24.3 Å². The van der Waals surface area contributed by atoms with Crippen molar-refractivity contribution in [1.82, 2.24) is 15.0 Å². The van der Waals surface area contributed by atoms with Gasteiger partial charge in [-0.25, -0.2) is 4.98 Å². The van der Waals surface area contributed by atoms with E-state index in [1.807, 2.05) is 0 Å². The molecular weight excluding hydrogens is 222 g/mol. The van der Waals surface area contributed by atoms with Gasteiger partial charge in [0.25, 0.3) is 5.69 Å². The normalized spacial score (nSPS) is 10.2. The van der Waals surface area contributed by atoms with Gasteiger partial charge in [0.1, 0.15) is 5.82 Å². The molecule has 0 saturated heterocycles. The van der Waals surface area contributed by atoms with Crippen molar-refractivity contribution in [3.63, 3.8) is 0 Å². The van der Waals surface area contributed by atoms with E-state index in [9.17, 15) is 10.1 Å². The number of anilines is 1. The van der Waals surface area contributed by atoms with Crippen LogP contribution in [0.2, 0.25) is 0 Å². The van der Waals surface area contributed by atoms with E-state index in [1.165, 1.54) is 6.07 Å². The van der Waals surface area contributed by atoms with E-state index < -0.39 is 4.92 Å². The second-order valence-electron chi connectivity index (χ2n) is 3.34. The van der Waals surface area contributed by atoms with E-state index in [0.717, 1.165) is 0 Å². The Balaban J connectivity index is 2.64. The highest BCUT2D eigenvalue weighted by molar-refractivity contribution is 5.68. The molecule has 7 nitrogen and oxygen atoms in total. The summed E-state index contributed by atoms with van der Waals surface area (Å²) in [6.45, 7) is 1.65. The Bertz CT molecular complexity index is 564. The molecular formula is C10H9N5O2. The fraction of sp³-hybridized carbons (Fsp3) is 0.100. The molecule has 1 aromatic carbocycles. The van der Waals surface area contributed by atoms with Crippen molar-refractivity contribution in [2.45, 2.75) is 6.92 Å². The first-order valence-corrected chi connectivity index (χ1v) is 4.80. The Morgan fingerprint density at radius 3 is 2.59 bits per heavy atom. The van der Waals surface area contributed by atoms with Gasteiger partial charge >= 0.3 is 0 Å². The van der Waals surface area contributed by atoms with Crippen molar-refractivity contribution >= 4 is 11.6 Å². The standard InChI is InChI=1S/C10H9N5O2/c1-6-12-9(14-10(11)13-6)7-4-2-3-5-8(7)15(16)17/h2-5H,1H3,(H2,11,12,13,14). The first kappa shape index (κ1) is 10.9. The number of nitrogen functional groups attached to an aromatic ring is 1. The molecule has 0 aliphatic rings. The van der Waals surface area contributed by atoms with Crippen molar-refractivity contribution in [2.75, 3.05) is 5.73 Å². The minimum absolute atomic E-state index is 0.0469. The first-order valence-electron chi connectivity index (χ1n) is 4.80. The average molecular weight is 231 g/mol. The molecule has 86 valence electrons. The molecule has 7 heteroatoms. The van der Waals surface area contributed by atoms with Gasteiger partial charge in [-0.05, 0) is 13.0 Å². The number of benzene rings is 1. The lowest BCUT2D eigenvalue weighted by Gasteiger charge is -2.02. The lowest BCUT2D eigenvalue weighted by Crippen LogP contribution is -2.03. The minimum Gasteiger partial charge on any atom is -0.368 e. The minimum atomic E-state index is -0.482. The van der Waals surface area contributed by atoms with E-state index in [1.54, 1.807) is 25.1 Å². The van der Waals surface area contributed by atoms with Gasteiger partial charge in [-0.2, -0.15) is 9.97 Å². The molecule has 0 atom stereocenters. The van der Waals surface area contributed by atoms with Crippen molar-refractivity contribution < 1.29 is 4.92 Å². The summed E-state index contributed by atoms with van der Waals surface area (Å²) in [6, 6.07) is 6.23. The van der Waals surface area contributed by atoms with Crippen LogP contribution < -0.4 is 5.73 Å². The summed E-state index contributed by atoms with van der Waals surface area (Å²) in [7, 11) is 0. The molecule has 0 amide bonds. The molecule has 2 N–H and O–H groups in total. The monoisotopic (exact) mass is 231 g/mol. The molecule has 0 aliphatic carbocycles. The van der Waals surface area contributed by atoms with Gasteiger partial charge < -0.3 is 5.73 Å². The third kappa shape index (κ3) is 2.17. The van der Waals surface area contributed by atoms with Crippen LogP contribution in [0.1, 0.15) is 5.82 Å². The molecule has 2 rings (SSSR count). The molecule has 0 bridgehead atoms. The zero-order chi connectivity index (χ0) is 12.4. The van der Waals surface area contributed by atoms with E-state index >= 15 is 0 Å².